The van der Waals surface area contributed by atoms with Gasteiger partial charge < -0.3 is 5.32 Å². The lowest BCUT2D eigenvalue weighted by atomic mass is 10.0. The first-order valence-corrected chi connectivity index (χ1v) is 4.88. The fourth-order valence-corrected chi connectivity index (χ4v) is 1.78. The van der Waals surface area contributed by atoms with E-state index in [1.807, 2.05) is 0 Å². The molecule has 1 N–H and O–H groups in total. The van der Waals surface area contributed by atoms with Crippen LogP contribution in [0.2, 0.25) is 0 Å². The summed E-state index contributed by atoms with van der Waals surface area (Å²) in [5, 5.41) is 2.74. The van der Waals surface area contributed by atoms with Crippen LogP contribution in [0.25, 0.3) is 0 Å². The summed E-state index contributed by atoms with van der Waals surface area (Å²) in [5.74, 6) is -1.12. The molecule has 1 amide bonds. The molecular formula is C11H11F2NO. The van der Waals surface area contributed by atoms with Gasteiger partial charge in [-0.1, -0.05) is 6.07 Å². The number of carbonyl (C=O) groups is 1. The topological polar surface area (TPSA) is 29.1 Å². The van der Waals surface area contributed by atoms with Crippen molar-refractivity contribution in [1.29, 1.82) is 0 Å². The van der Waals surface area contributed by atoms with Crippen molar-refractivity contribution in [2.75, 3.05) is 0 Å². The Balaban J connectivity index is 2.07. The molecule has 1 aliphatic heterocycles. The zero-order chi connectivity index (χ0) is 10.8. The highest BCUT2D eigenvalue weighted by Gasteiger charge is 2.21. The summed E-state index contributed by atoms with van der Waals surface area (Å²) in [6.45, 7) is 0. The van der Waals surface area contributed by atoms with Gasteiger partial charge >= 0.3 is 0 Å². The van der Waals surface area contributed by atoms with Crippen molar-refractivity contribution in [1.82, 2.24) is 5.32 Å². The second-order valence-electron chi connectivity index (χ2n) is 3.74. The monoisotopic (exact) mass is 211 g/mol. The molecule has 0 aromatic heterocycles. The van der Waals surface area contributed by atoms with Gasteiger partial charge in [0, 0.05) is 18.5 Å². The van der Waals surface area contributed by atoms with Gasteiger partial charge in [0.1, 0.15) is 11.6 Å². The molecule has 15 heavy (non-hydrogen) atoms. The molecule has 1 fully saturated rings. The van der Waals surface area contributed by atoms with Crippen molar-refractivity contribution in [3.8, 4) is 0 Å². The Kier molecular flexibility index (Phi) is 2.66. The number of amides is 1. The van der Waals surface area contributed by atoms with Gasteiger partial charge in [-0.05, 0) is 24.5 Å². The van der Waals surface area contributed by atoms with Crippen molar-refractivity contribution >= 4 is 5.91 Å². The normalized spacial score (nSPS) is 20.4. The number of nitrogens with one attached hydrogen (secondary N) is 1. The summed E-state index contributed by atoms with van der Waals surface area (Å²) in [6, 6.07) is 3.51. The number of hydrogen-bond acceptors (Lipinski definition) is 1. The summed E-state index contributed by atoms with van der Waals surface area (Å²) in [7, 11) is 0. The summed E-state index contributed by atoms with van der Waals surface area (Å²) >= 11 is 0. The highest BCUT2D eigenvalue weighted by molar-refractivity contribution is 5.78. The Hall–Kier alpha value is -1.45. The lowest BCUT2D eigenvalue weighted by Crippen LogP contribution is -2.27. The van der Waals surface area contributed by atoms with Gasteiger partial charge in [-0.3, -0.25) is 4.79 Å². The number of halogens is 2. The Labute approximate surface area is 86.3 Å². The smallest absolute Gasteiger partial charge is 0.220 e. The Morgan fingerprint density at radius 3 is 2.80 bits per heavy atom. The maximum atomic E-state index is 13.2. The number of benzene rings is 1. The highest BCUT2D eigenvalue weighted by atomic mass is 19.1. The molecule has 0 bridgehead atoms. The van der Waals surface area contributed by atoms with Crippen molar-refractivity contribution in [2.24, 2.45) is 0 Å². The quantitative estimate of drug-likeness (QED) is 0.793. The van der Waals surface area contributed by atoms with Gasteiger partial charge in [-0.2, -0.15) is 0 Å². The zero-order valence-electron chi connectivity index (χ0n) is 8.09. The Morgan fingerprint density at radius 2 is 2.20 bits per heavy atom. The van der Waals surface area contributed by atoms with Gasteiger partial charge in [-0.15, -0.1) is 0 Å². The van der Waals surface area contributed by atoms with E-state index in [-0.39, 0.29) is 11.9 Å². The average molecular weight is 211 g/mol. The third-order valence-corrected chi connectivity index (χ3v) is 2.57. The van der Waals surface area contributed by atoms with E-state index >= 15 is 0 Å². The molecule has 2 nitrogen and oxygen atoms in total. The number of carbonyl (C=O) groups excluding carboxylic acids is 1. The fourth-order valence-electron chi connectivity index (χ4n) is 1.78. The predicted molar refractivity (Wildman–Crippen MR) is 51.2 cm³/mol. The van der Waals surface area contributed by atoms with E-state index in [1.54, 1.807) is 0 Å². The largest absolute Gasteiger partial charge is 0.353 e. The minimum Gasteiger partial charge on any atom is -0.353 e. The van der Waals surface area contributed by atoms with Crippen LogP contribution in [-0.4, -0.2) is 11.9 Å². The zero-order valence-corrected chi connectivity index (χ0v) is 8.09. The van der Waals surface area contributed by atoms with Gasteiger partial charge in [0.2, 0.25) is 5.91 Å². The molecule has 80 valence electrons. The van der Waals surface area contributed by atoms with Crippen molar-refractivity contribution in [3.63, 3.8) is 0 Å². The molecule has 0 spiro atoms. The molecule has 1 aromatic rings. The fraction of sp³-hybridized carbons (Fsp3) is 0.364. The second-order valence-corrected chi connectivity index (χ2v) is 3.74. The lowest BCUT2D eigenvalue weighted by molar-refractivity contribution is -0.119. The maximum Gasteiger partial charge on any atom is 0.220 e. The molecular weight excluding hydrogens is 200 g/mol. The van der Waals surface area contributed by atoms with E-state index in [1.165, 1.54) is 12.1 Å². The van der Waals surface area contributed by atoms with E-state index in [2.05, 4.69) is 5.32 Å². The van der Waals surface area contributed by atoms with Crippen LogP contribution < -0.4 is 5.32 Å². The van der Waals surface area contributed by atoms with Crippen molar-refractivity contribution in [3.05, 3.63) is 35.4 Å². The Morgan fingerprint density at radius 1 is 1.40 bits per heavy atom. The van der Waals surface area contributed by atoms with Crippen LogP contribution in [0, 0.1) is 11.6 Å². The first-order chi connectivity index (χ1) is 7.15. The van der Waals surface area contributed by atoms with E-state index in [9.17, 15) is 13.6 Å². The maximum absolute atomic E-state index is 13.2. The van der Waals surface area contributed by atoms with E-state index in [4.69, 9.17) is 0 Å². The van der Waals surface area contributed by atoms with Gasteiger partial charge in [0.15, 0.2) is 0 Å². The SMILES string of the molecule is O=C1CCC(Cc2ccc(F)cc2F)N1. The molecule has 1 aromatic carbocycles. The minimum absolute atomic E-state index is 0.00233. The first-order valence-electron chi connectivity index (χ1n) is 4.88. The van der Waals surface area contributed by atoms with Crippen LogP contribution in [0.5, 0.6) is 0 Å². The van der Waals surface area contributed by atoms with Crippen LogP contribution in [0.3, 0.4) is 0 Å². The molecule has 1 atom stereocenters. The summed E-state index contributed by atoms with van der Waals surface area (Å²) < 4.78 is 25.9. The van der Waals surface area contributed by atoms with Gasteiger partial charge in [-0.25, -0.2) is 8.78 Å². The number of rotatable bonds is 2. The third kappa shape index (κ3) is 2.32. The molecule has 2 rings (SSSR count). The van der Waals surface area contributed by atoms with E-state index in [0.717, 1.165) is 12.5 Å². The molecule has 1 unspecified atom stereocenters. The molecule has 4 heteroatoms. The van der Waals surface area contributed by atoms with Gasteiger partial charge in [0.25, 0.3) is 0 Å². The molecule has 1 heterocycles. The van der Waals surface area contributed by atoms with Crippen LogP contribution >= 0.6 is 0 Å². The summed E-state index contributed by atoms with van der Waals surface area (Å²) in [5.41, 5.74) is 0.448. The number of hydrogen-bond donors (Lipinski definition) is 1. The summed E-state index contributed by atoms with van der Waals surface area (Å²) in [4.78, 5) is 10.9. The molecule has 1 aliphatic rings. The molecule has 0 aliphatic carbocycles. The van der Waals surface area contributed by atoms with Gasteiger partial charge in [0.05, 0.1) is 0 Å². The molecule has 1 saturated heterocycles. The highest BCUT2D eigenvalue weighted by Crippen LogP contribution is 2.16. The lowest BCUT2D eigenvalue weighted by Gasteiger charge is -2.10. The third-order valence-electron chi connectivity index (χ3n) is 2.57. The van der Waals surface area contributed by atoms with Crippen molar-refractivity contribution in [2.45, 2.75) is 25.3 Å². The second kappa shape index (κ2) is 3.96. The van der Waals surface area contributed by atoms with Crippen molar-refractivity contribution < 1.29 is 13.6 Å². The van der Waals surface area contributed by atoms with Crippen LogP contribution in [-0.2, 0) is 11.2 Å². The van der Waals surface area contributed by atoms with Crippen LogP contribution in [0.1, 0.15) is 18.4 Å². The Bertz CT molecular complexity index is 392. The summed E-state index contributed by atoms with van der Waals surface area (Å²) in [6.07, 6.45) is 1.64. The molecule has 0 radical (unpaired) electrons. The predicted octanol–water partition coefficient (Wildman–Crippen LogP) is 1.79. The van der Waals surface area contributed by atoms with E-state index in [0.29, 0.717) is 18.4 Å². The van der Waals surface area contributed by atoms with E-state index < -0.39 is 11.6 Å². The molecule has 0 saturated carbocycles. The standard InChI is InChI=1S/C11H11F2NO/c12-8-2-1-7(10(13)6-8)5-9-3-4-11(15)14-9/h1-2,6,9H,3-5H2,(H,14,15). The van der Waals surface area contributed by atoms with Crippen LogP contribution in [0.15, 0.2) is 18.2 Å². The average Bonchev–Trinajstić information content (AvgIpc) is 2.56. The van der Waals surface area contributed by atoms with Crippen LogP contribution in [0.4, 0.5) is 8.78 Å². The first kappa shape index (κ1) is 10.1. The minimum atomic E-state index is -0.577.